The second-order valence-electron chi connectivity index (χ2n) is 7.48. The van der Waals surface area contributed by atoms with Crippen molar-refractivity contribution in [3.63, 3.8) is 0 Å². The van der Waals surface area contributed by atoms with Crippen molar-refractivity contribution in [2.45, 2.75) is 31.5 Å². The van der Waals surface area contributed by atoms with E-state index in [-0.39, 0.29) is 24.8 Å². The lowest BCUT2D eigenvalue weighted by Gasteiger charge is -2.43. The molecule has 6 heteroatoms. The number of ether oxygens (including phenoxy) is 4. The number of amides is 1. The Hall–Kier alpha value is -2.99. The molecule has 2 aromatic rings. The summed E-state index contributed by atoms with van der Waals surface area (Å²) in [6, 6.07) is 17.3. The lowest BCUT2D eigenvalue weighted by molar-refractivity contribution is -0.0376. The van der Waals surface area contributed by atoms with Crippen LogP contribution in [0.1, 0.15) is 18.4 Å². The van der Waals surface area contributed by atoms with Crippen LogP contribution in [0.2, 0.25) is 0 Å². The van der Waals surface area contributed by atoms with E-state index >= 15 is 0 Å². The number of methoxy groups -OCH3 is 1. The Balaban J connectivity index is 1.34. The van der Waals surface area contributed by atoms with Crippen LogP contribution >= 0.6 is 0 Å². The average Bonchev–Trinajstić information content (AvgIpc) is 2.78. The highest BCUT2D eigenvalue weighted by atomic mass is 16.6. The van der Waals surface area contributed by atoms with Crippen LogP contribution in [0.3, 0.4) is 0 Å². The molecule has 2 atom stereocenters. The van der Waals surface area contributed by atoms with Crippen molar-refractivity contribution in [2.24, 2.45) is 0 Å². The minimum atomic E-state index is -0.280. The molecular formula is C24H27NO5. The zero-order valence-corrected chi connectivity index (χ0v) is 17.2. The second kappa shape index (κ2) is 9.67. The van der Waals surface area contributed by atoms with Crippen molar-refractivity contribution in [3.8, 4) is 11.5 Å². The standard InChI is InChI=1S/C24H27NO5/c1-27-22-9-5-6-10-23(22)29-12-11-19-13-20-16-28-17-21(14-19)25(20)24(26)30-15-18-7-3-2-4-8-18/h2-10,13,20-21H,11-12,14-17H2,1H3. The first-order valence-corrected chi connectivity index (χ1v) is 10.3. The number of hydrogen-bond acceptors (Lipinski definition) is 5. The molecule has 0 saturated carbocycles. The molecule has 2 heterocycles. The fraction of sp³-hybridized carbons (Fsp3) is 0.375. The van der Waals surface area contributed by atoms with Crippen LogP contribution in [0.5, 0.6) is 11.5 Å². The topological polar surface area (TPSA) is 57.2 Å². The first-order chi connectivity index (χ1) is 14.7. The van der Waals surface area contributed by atoms with Gasteiger partial charge in [-0.2, -0.15) is 0 Å². The molecule has 0 spiro atoms. The monoisotopic (exact) mass is 409 g/mol. The number of morpholine rings is 1. The van der Waals surface area contributed by atoms with Gasteiger partial charge in [0.15, 0.2) is 11.5 Å². The van der Waals surface area contributed by atoms with Gasteiger partial charge in [0.25, 0.3) is 0 Å². The van der Waals surface area contributed by atoms with E-state index in [0.717, 1.165) is 29.9 Å². The van der Waals surface area contributed by atoms with Crippen molar-refractivity contribution >= 4 is 6.09 Å². The van der Waals surface area contributed by atoms with Crippen LogP contribution in [0, 0.1) is 0 Å². The molecule has 158 valence electrons. The fourth-order valence-electron chi connectivity index (χ4n) is 3.98. The Kier molecular flexibility index (Phi) is 6.54. The summed E-state index contributed by atoms with van der Waals surface area (Å²) in [6.07, 6.45) is 3.42. The van der Waals surface area contributed by atoms with Gasteiger partial charge >= 0.3 is 6.09 Å². The van der Waals surface area contributed by atoms with Gasteiger partial charge in [-0.1, -0.05) is 54.1 Å². The highest BCUT2D eigenvalue weighted by molar-refractivity contribution is 5.69. The Morgan fingerprint density at radius 3 is 2.60 bits per heavy atom. The third-order valence-electron chi connectivity index (χ3n) is 5.44. The Labute approximate surface area is 177 Å². The molecule has 2 aliphatic rings. The van der Waals surface area contributed by atoms with E-state index < -0.39 is 0 Å². The largest absolute Gasteiger partial charge is 0.493 e. The van der Waals surface area contributed by atoms with Crippen LogP contribution in [0.25, 0.3) is 0 Å². The maximum absolute atomic E-state index is 12.7. The van der Waals surface area contributed by atoms with E-state index in [2.05, 4.69) is 6.08 Å². The van der Waals surface area contributed by atoms with E-state index in [0.29, 0.717) is 19.8 Å². The smallest absolute Gasteiger partial charge is 0.411 e. The van der Waals surface area contributed by atoms with Crippen LogP contribution in [-0.2, 0) is 16.1 Å². The predicted molar refractivity (Wildman–Crippen MR) is 113 cm³/mol. The number of benzene rings is 2. The molecular weight excluding hydrogens is 382 g/mol. The van der Waals surface area contributed by atoms with E-state index in [4.69, 9.17) is 18.9 Å². The van der Waals surface area contributed by atoms with E-state index in [1.54, 1.807) is 7.11 Å². The minimum absolute atomic E-state index is 0.00159. The number of carbonyl (C=O) groups excluding carboxylic acids is 1. The van der Waals surface area contributed by atoms with Crippen molar-refractivity contribution in [1.82, 2.24) is 4.90 Å². The van der Waals surface area contributed by atoms with Gasteiger partial charge in [-0.05, 0) is 24.1 Å². The molecule has 6 nitrogen and oxygen atoms in total. The summed E-state index contributed by atoms with van der Waals surface area (Å²) in [4.78, 5) is 14.6. The summed E-state index contributed by atoms with van der Waals surface area (Å²) in [6.45, 7) is 1.86. The summed E-state index contributed by atoms with van der Waals surface area (Å²) in [5.41, 5.74) is 2.27. The SMILES string of the molecule is COc1ccccc1OCCC1=CC2COCC(C1)N2C(=O)OCc1ccccc1. The molecule has 0 aromatic heterocycles. The number of carbonyl (C=O) groups is 1. The number of hydrogen-bond donors (Lipinski definition) is 0. The van der Waals surface area contributed by atoms with Gasteiger partial charge in [0.05, 0.1) is 39.0 Å². The van der Waals surface area contributed by atoms with Crippen molar-refractivity contribution < 1.29 is 23.7 Å². The summed E-state index contributed by atoms with van der Waals surface area (Å²) in [5.74, 6) is 1.47. The van der Waals surface area contributed by atoms with Gasteiger partial charge < -0.3 is 18.9 Å². The molecule has 2 unspecified atom stereocenters. The van der Waals surface area contributed by atoms with Gasteiger partial charge in [-0.15, -0.1) is 0 Å². The highest BCUT2D eigenvalue weighted by Gasteiger charge is 2.38. The van der Waals surface area contributed by atoms with Crippen molar-refractivity contribution in [3.05, 3.63) is 71.8 Å². The first-order valence-electron chi connectivity index (χ1n) is 10.3. The van der Waals surface area contributed by atoms with Gasteiger partial charge in [-0.3, -0.25) is 4.90 Å². The number of rotatable bonds is 7. The average molecular weight is 409 g/mol. The van der Waals surface area contributed by atoms with E-state index in [9.17, 15) is 4.79 Å². The number of fused-ring (bicyclic) bond motifs is 2. The number of para-hydroxylation sites is 2. The van der Waals surface area contributed by atoms with Crippen LogP contribution in [0.15, 0.2) is 66.2 Å². The zero-order valence-electron chi connectivity index (χ0n) is 17.2. The molecule has 1 fully saturated rings. The quantitative estimate of drug-likeness (QED) is 0.642. The normalized spacial score (nSPS) is 20.3. The molecule has 2 bridgehead atoms. The summed E-state index contributed by atoms with van der Waals surface area (Å²) >= 11 is 0. The second-order valence-corrected chi connectivity index (χ2v) is 7.48. The third-order valence-corrected chi connectivity index (χ3v) is 5.44. The van der Waals surface area contributed by atoms with Gasteiger partial charge in [0.2, 0.25) is 0 Å². The molecule has 0 aliphatic carbocycles. The van der Waals surface area contributed by atoms with Gasteiger partial charge in [-0.25, -0.2) is 4.79 Å². The molecule has 4 rings (SSSR count). The Morgan fingerprint density at radius 1 is 1.07 bits per heavy atom. The highest BCUT2D eigenvalue weighted by Crippen LogP contribution is 2.30. The maximum Gasteiger partial charge on any atom is 0.411 e. The number of nitrogens with zero attached hydrogens (tertiary/aromatic N) is 1. The van der Waals surface area contributed by atoms with Crippen LogP contribution in [0.4, 0.5) is 4.79 Å². The van der Waals surface area contributed by atoms with E-state index in [1.807, 2.05) is 59.5 Å². The van der Waals surface area contributed by atoms with Gasteiger partial charge in [0, 0.05) is 6.42 Å². The molecule has 2 aromatic carbocycles. The lowest BCUT2D eigenvalue weighted by Crippen LogP contribution is -2.56. The van der Waals surface area contributed by atoms with Crippen molar-refractivity contribution in [1.29, 1.82) is 0 Å². The molecule has 0 N–H and O–H groups in total. The molecule has 1 saturated heterocycles. The van der Waals surface area contributed by atoms with Gasteiger partial charge in [0.1, 0.15) is 6.61 Å². The third kappa shape index (κ3) is 4.76. The van der Waals surface area contributed by atoms with E-state index in [1.165, 1.54) is 5.57 Å². The molecule has 2 aliphatic heterocycles. The zero-order chi connectivity index (χ0) is 20.8. The molecule has 30 heavy (non-hydrogen) atoms. The van der Waals surface area contributed by atoms with Crippen molar-refractivity contribution in [2.75, 3.05) is 26.9 Å². The summed E-state index contributed by atoms with van der Waals surface area (Å²) in [5, 5.41) is 0. The molecule has 1 amide bonds. The van der Waals surface area contributed by atoms with Crippen LogP contribution in [-0.4, -0.2) is 50.0 Å². The Morgan fingerprint density at radius 2 is 1.83 bits per heavy atom. The summed E-state index contributed by atoms with van der Waals surface area (Å²) < 4.78 is 22.5. The Bertz CT molecular complexity index is 882. The lowest BCUT2D eigenvalue weighted by atomic mass is 9.93. The molecule has 0 radical (unpaired) electrons. The fourth-order valence-corrected chi connectivity index (χ4v) is 3.98. The summed E-state index contributed by atoms with van der Waals surface area (Å²) in [7, 11) is 1.64. The van der Waals surface area contributed by atoms with Crippen LogP contribution < -0.4 is 9.47 Å². The minimum Gasteiger partial charge on any atom is -0.493 e. The maximum atomic E-state index is 12.7. The first kappa shape index (κ1) is 20.3. The predicted octanol–water partition coefficient (Wildman–Crippen LogP) is 4.20.